The monoisotopic (exact) mass is 275 g/mol. The lowest BCUT2D eigenvalue weighted by atomic mass is 9.88. The second-order valence-electron chi connectivity index (χ2n) is 4.63. The van der Waals surface area contributed by atoms with E-state index in [2.05, 4.69) is 0 Å². The minimum absolute atomic E-state index is 0.0827. The number of rotatable bonds is 6. The van der Waals surface area contributed by atoms with Gasteiger partial charge in [-0.05, 0) is 26.2 Å². The molecule has 1 amide bonds. The van der Waals surface area contributed by atoms with Crippen LogP contribution in [0, 0.1) is 0 Å². The first-order valence-electron chi connectivity index (χ1n) is 6.13. The molecule has 1 rings (SSSR count). The molecule has 1 fully saturated rings. The van der Waals surface area contributed by atoms with Crippen LogP contribution in [0.1, 0.15) is 26.2 Å². The van der Waals surface area contributed by atoms with E-state index in [9.17, 15) is 14.7 Å². The number of carboxylic acids is 1. The fraction of sp³-hybridized carbons (Fsp3) is 0.833. The van der Waals surface area contributed by atoms with Crippen LogP contribution in [0.2, 0.25) is 0 Å². The lowest BCUT2D eigenvalue weighted by Crippen LogP contribution is -2.58. The average Bonchev–Trinajstić information content (AvgIpc) is 2.34. The van der Waals surface area contributed by atoms with Crippen molar-refractivity contribution >= 4 is 23.6 Å². The van der Waals surface area contributed by atoms with Gasteiger partial charge in [-0.3, -0.25) is 4.79 Å². The van der Waals surface area contributed by atoms with E-state index in [1.165, 1.54) is 16.7 Å². The fourth-order valence-corrected chi connectivity index (χ4v) is 2.88. The van der Waals surface area contributed by atoms with Gasteiger partial charge in [0.25, 0.3) is 0 Å². The molecule has 5 nitrogen and oxygen atoms in total. The number of likely N-dealkylation sites (tertiary alicyclic amines) is 1. The first kappa shape index (κ1) is 15.3. The SMILES string of the molecule is COCCSCC(=O)N1CCCCC1(C)C(=O)O. The maximum Gasteiger partial charge on any atom is 0.329 e. The van der Waals surface area contributed by atoms with Crippen molar-refractivity contribution in [3.63, 3.8) is 0 Å². The average molecular weight is 275 g/mol. The Labute approximate surface area is 112 Å². The summed E-state index contributed by atoms with van der Waals surface area (Å²) in [6.07, 6.45) is 2.29. The summed E-state index contributed by atoms with van der Waals surface area (Å²) in [5, 5.41) is 9.31. The van der Waals surface area contributed by atoms with Gasteiger partial charge in [-0.2, -0.15) is 0 Å². The second kappa shape index (κ2) is 6.99. The molecule has 6 heteroatoms. The highest BCUT2D eigenvalue weighted by atomic mass is 32.2. The second-order valence-corrected chi connectivity index (χ2v) is 5.73. The van der Waals surface area contributed by atoms with Crippen molar-refractivity contribution in [2.75, 3.05) is 31.8 Å². The molecule has 0 aromatic rings. The van der Waals surface area contributed by atoms with Gasteiger partial charge < -0.3 is 14.7 Å². The normalized spacial score (nSPS) is 24.0. The quantitative estimate of drug-likeness (QED) is 0.738. The van der Waals surface area contributed by atoms with Gasteiger partial charge in [-0.25, -0.2) is 4.79 Å². The number of aliphatic carboxylic acids is 1. The molecule has 0 aromatic carbocycles. The zero-order chi connectivity index (χ0) is 13.6. The standard InChI is InChI=1S/C12H21NO4S/c1-12(11(15)16)5-3-4-6-13(12)10(14)9-18-8-7-17-2/h3-9H2,1-2H3,(H,15,16). The fourth-order valence-electron chi connectivity index (χ4n) is 2.12. The number of hydrogen-bond acceptors (Lipinski definition) is 4. The molecule has 0 radical (unpaired) electrons. The summed E-state index contributed by atoms with van der Waals surface area (Å²) in [6.45, 7) is 2.80. The summed E-state index contributed by atoms with van der Waals surface area (Å²) in [4.78, 5) is 25.0. The topological polar surface area (TPSA) is 66.8 Å². The van der Waals surface area contributed by atoms with Crippen LogP contribution in [0.3, 0.4) is 0 Å². The van der Waals surface area contributed by atoms with E-state index >= 15 is 0 Å². The third-order valence-electron chi connectivity index (χ3n) is 3.31. The molecule has 1 aliphatic heterocycles. The molecule has 0 bridgehead atoms. The van der Waals surface area contributed by atoms with Crippen molar-refractivity contribution in [2.45, 2.75) is 31.7 Å². The maximum absolute atomic E-state index is 12.1. The Morgan fingerprint density at radius 1 is 1.44 bits per heavy atom. The van der Waals surface area contributed by atoms with Gasteiger partial charge in [0.05, 0.1) is 12.4 Å². The van der Waals surface area contributed by atoms with Crippen molar-refractivity contribution < 1.29 is 19.4 Å². The van der Waals surface area contributed by atoms with Crippen molar-refractivity contribution in [1.82, 2.24) is 4.90 Å². The molecule has 1 N–H and O–H groups in total. The Hall–Kier alpha value is -0.750. The van der Waals surface area contributed by atoms with Crippen molar-refractivity contribution in [3.8, 4) is 0 Å². The summed E-state index contributed by atoms with van der Waals surface area (Å²) in [7, 11) is 1.62. The third-order valence-corrected chi connectivity index (χ3v) is 4.22. The molecule has 0 aliphatic carbocycles. The van der Waals surface area contributed by atoms with Gasteiger partial charge in [-0.15, -0.1) is 11.8 Å². The van der Waals surface area contributed by atoms with Crippen molar-refractivity contribution in [3.05, 3.63) is 0 Å². The van der Waals surface area contributed by atoms with Gasteiger partial charge in [0.1, 0.15) is 5.54 Å². The van der Waals surface area contributed by atoms with Crippen LogP contribution in [-0.2, 0) is 14.3 Å². The number of carbonyl (C=O) groups excluding carboxylic acids is 1. The molecule has 1 heterocycles. The number of thioether (sulfide) groups is 1. The number of nitrogens with zero attached hydrogens (tertiary/aromatic N) is 1. The molecular weight excluding hydrogens is 254 g/mol. The van der Waals surface area contributed by atoms with Crippen LogP contribution in [0.5, 0.6) is 0 Å². The van der Waals surface area contributed by atoms with Crippen LogP contribution in [0.15, 0.2) is 0 Å². The molecular formula is C12H21NO4S. The lowest BCUT2D eigenvalue weighted by Gasteiger charge is -2.41. The Morgan fingerprint density at radius 3 is 2.78 bits per heavy atom. The first-order chi connectivity index (χ1) is 8.52. The Balaban J connectivity index is 2.55. The maximum atomic E-state index is 12.1. The smallest absolute Gasteiger partial charge is 0.329 e. The number of hydrogen-bond donors (Lipinski definition) is 1. The third kappa shape index (κ3) is 3.62. The van der Waals surface area contributed by atoms with Crippen LogP contribution in [-0.4, -0.2) is 59.2 Å². The van der Waals surface area contributed by atoms with Gasteiger partial charge in [0.15, 0.2) is 0 Å². The van der Waals surface area contributed by atoms with E-state index in [0.29, 0.717) is 25.3 Å². The summed E-state index contributed by atoms with van der Waals surface area (Å²) < 4.78 is 4.91. The van der Waals surface area contributed by atoms with Gasteiger partial charge in [0.2, 0.25) is 5.91 Å². The predicted molar refractivity (Wildman–Crippen MR) is 70.8 cm³/mol. The van der Waals surface area contributed by atoms with Crippen LogP contribution in [0.4, 0.5) is 0 Å². The molecule has 0 spiro atoms. The zero-order valence-electron chi connectivity index (χ0n) is 11.0. The number of methoxy groups -OCH3 is 1. The first-order valence-corrected chi connectivity index (χ1v) is 7.28. The summed E-state index contributed by atoms with van der Waals surface area (Å²) in [6, 6.07) is 0. The summed E-state index contributed by atoms with van der Waals surface area (Å²) in [5.74, 6) is 0.0877. The largest absolute Gasteiger partial charge is 0.480 e. The summed E-state index contributed by atoms with van der Waals surface area (Å²) in [5.41, 5.74) is -1.03. The highest BCUT2D eigenvalue weighted by Crippen LogP contribution is 2.28. The minimum atomic E-state index is -1.03. The highest BCUT2D eigenvalue weighted by Gasteiger charge is 2.43. The molecule has 0 saturated carbocycles. The number of piperidine rings is 1. The number of amides is 1. The van der Waals surface area contributed by atoms with E-state index in [-0.39, 0.29) is 5.91 Å². The van der Waals surface area contributed by atoms with Crippen LogP contribution >= 0.6 is 11.8 Å². The van der Waals surface area contributed by atoms with E-state index in [4.69, 9.17) is 4.74 Å². The zero-order valence-corrected chi connectivity index (χ0v) is 11.8. The molecule has 1 aliphatic rings. The van der Waals surface area contributed by atoms with Crippen LogP contribution < -0.4 is 0 Å². The number of carbonyl (C=O) groups is 2. The Kier molecular flexibility index (Phi) is 5.95. The molecule has 18 heavy (non-hydrogen) atoms. The molecule has 104 valence electrons. The van der Waals surface area contributed by atoms with E-state index in [1.54, 1.807) is 14.0 Å². The predicted octanol–water partition coefficient (Wildman–Crippen LogP) is 1.22. The van der Waals surface area contributed by atoms with Crippen LogP contribution in [0.25, 0.3) is 0 Å². The van der Waals surface area contributed by atoms with E-state index < -0.39 is 11.5 Å². The minimum Gasteiger partial charge on any atom is -0.480 e. The Bertz CT molecular complexity index is 310. The lowest BCUT2D eigenvalue weighted by molar-refractivity contribution is -0.159. The van der Waals surface area contributed by atoms with Crippen molar-refractivity contribution in [1.29, 1.82) is 0 Å². The van der Waals surface area contributed by atoms with Crippen molar-refractivity contribution in [2.24, 2.45) is 0 Å². The van der Waals surface area contributed by atoms with Gasteiger partial charge >= 0.3 is 5.97 Å². The summed E-state index contributed by atoms with van der Waals surface area (Å²) >= 11 is 1.48. The molecule has 1 saturated heterocycles. The molecule has 0 aromatic heterocycles. The molecule has 1 unspecified atom stereocenters. The molecule has 1 atom stereocenters. The van der Waals surface area contributed by atoms with Gasteiger partial charge in [0, 0.05) is 19.4 Å². The van der Waals surface area contributed by atoms with E-state index in [1.807, 2.05) is 0 Å². The number of ether oxygens (including phenoxy) is 1. The number of carboxylic acid groups (broad SMARTS) is 1. The highest BCUT2D eigenvalue weighted by molar-refractivity contribution is 7.99. The van der Waals surface area contributed by atoms with Gasteiger partial charge in [-0.1, -0.05) is 0 Å². The Morgan fingerprint density at radius 2 is 2.17 bits per heavy atom. The van der Waals surface area contributed by atoms with E-state index in [0.717, 1.165) is 18.6 Å².